The van der Waals surface area contributed by atoms with Crippen LogP contribution in [-0.2, 0) is 6.42 Å². The highest BCUT2D eigenvalue weighted by Crippen LogP contribution is 2.23. The van der Waals surface area contributed by atoms with Crippen LogP contribution in [0.25, 0.3) is 0 Å². The average Bonchev–Trinajstić information content (AvgIpc) is 2.87. The number of nitrogens with zero attached hydrogens (tertiary/aromatic N) is 2. The van der Waals surface area contributed by atoms with Crippen LogP contribution in [0.5, 0.6) is 0 Å². The van der Waals surface area contributed by atoms with Crippen molar-refractivity contribution in [2.75, 3.05) is 6.54 Å². The molecule has 7 nitrogen and oxygen atoms in total. The molecule has 0 saturated carbocycles. The summed E-state index contributed by atoms with van der Waals surface area (Å²) in [7, 11) is 0. The third kappa shape index (κ3) is 3.39. The molecule has 0 aromatic heterocycles. The van der Waals surface area contributed by atoms with E-state index in [9.17, 15) is 14.4 Å². The van der Waals surface area contributed by atoms with Gasteiger partial charge in [0.2, 0.25) is 0 Å². The van der Waals surface area contributed by atoms with Gasteiger partial charge < -0.3 is 10.4 Å². The van der Waals surface area contributed by atoms with Gasteiger partial charge in [0.15, 0.2) is 0 Å². The van der Waals surface area contributed by atoms with E-state index in [1.165, 1.54) is 0 Å². The number of carbonyl (C=O) groups is 3. The molecule has 0 radical (unpaired) electrons. The van der Waals surface area contributed by atoms with E-state index in [-0.39, 0.29) is 13.0 Å². The topological polar surface area (TPSA) is 111 Å². The second-order valence-electron chi connectivity index (χ2n) is 5.93. The van der Waals surface area contributed by atoms with Crippen LogP contribution in [0, 0.1) is 11.3 Å². The van der Waals surface area contributed by atoms with Gasteiger partial charge in [-0.15, -0.1) is 0 Å². The molecule has 1 aliphatic heterocycles. The van der Waals surface area contributed by atoms with Crippen LogP contribution >= 0.6 is 0 Å². The second kappa shape index (κ2) is 7.07. The second-order valence-corrected chi connectivity index (χ2v) is 5.93. The zero-order chi connectivity index (χ0) is 18.7. The zero-order valence-electron chi connectivity index (χ0n) is 13.7. The van der Waals surface area contributed by atoms with Crippen molar-refractivity contribution in [3.05, 3.63) is 70.8 Å². The number of carboxylic acid groups (broad SMARTS) is 1. The smallest absolute Gasteiger partial charge is 0.404 e. The highest BCUT2D eigenvalue weighted by Gasteiger charge is 2.36. The SMILES string of the molecule is N#Cc1ccc(C[C@H](CN2C(=O)c3ccccc3C2=O)NC(=O)O)cc1. The zero-order valence-corrected chi connectivity index (χ0v) is 13.7. The molecule has 0 spiro atoms. The molecule has 0 saturated heterocycles. The normalized spacial score (nSPS) is 13.9. The molecule has 0 fully saturated rings. The molecule has 1 atom stereocenters. The monoisotopic (exact) mass is 349 g/mol. The molecule has 0 aliphatic carbocycles. The third-order valence-electron chi connectivity index (χ3n) is 4.17. The third-order valence-corrected chi connectivity index (χ3v) is 4.17. The van der Waals surface area contributed by atoms with Crippen molar-refractivity contribution in [3.8, 4) is 6.07 Å². The molecule has 1 aliphatic rings. The summed E-state index contributed by atoms with van der Waals surface area (Å²) >= 11 is 0. The maximum Gasteiger partial charge on any atom is 0.404 e. The van der Waals surface area contributed by atoms with Gasteiger partial charge in [0.25, 0.3) is 11.8 Å². The van der Waals surface area contributed by atoms with Gasteiger partial charge >= 0.3 is 6.09 Å². The van der Waals surface area contributed by atoms with Crippen molar-refractivity contribution in [1.29, 1.82) is 5.26 Å². The van der Waals surface area contributed by atoms with Gasteiger partial charge in [-0.05, 0) is 36.2 Å². The minimum absolute atomic E-state index is 0.0708. The summed E-state index contributed by atoms with van der Waals surface area (Å²) in [5, 5.41) is 20.3. The molecule has 3 amide bonds. The first kappa shape index (κ1) is 17.2. The van der Waals surface area contributed by atoms with Crippen LogP contribution in [0.2, 0.25) is 0 Å². The van der Waals surface area contributed by atoms with Crippen LogP contribution in [0.1, 0.15) is 31.8 Å². The largest absolute Gasteiger partial charge is 0.465 e. The van der Waals surface area contributed by atoms with Crippen molar-refractivity contribution in [1.82, 2.24) is 10.2 Å². The molecule has 0 bridgehead atoms. The molecular formula is C19H15N3O4. The molecule has 26 heavy (non-hydrogen) atoms. The Morgan fingerprint density at radius 1 is 1.08 bits per heavy atom. The van der Waals surface area contributed by atoms with E-state index in [1.54, 1.807) is 48.5 Å². The fourth-order valence-corrected chi connectivity index (χ4v) is 2.96. The van der Waals surface area contributed by atoms with Crippen LogP contribution in [0.4, 0.5) is 4.79 Å². The number of amides is 3. The molecule has 130 valence electrons. The Kier molecular flexibility index (Phi) is 4.67. The Balaban J connectivity index is 1.79. The van der Waals surface area contributed by atoms with Gasteiger partial charge in [-0.25, -0.2) is 4.79 Å². The fraction of sp³-hybridized carbons (Fsp3) is 0.158. The van der Waals surface area contributed by atoms with E-state index in [2.05, 4.69) is 5.32 Å². The van der Waals surface area contributed by atoms with Gasteiger partial charge in [-0.3, -0.25) is 14.5 Å². The van der Waals surface area contributed by atoms with E-state index in [4.69, 9.17) is 10.4 Å². The predicted molar refractivity (Wildman–Crippen MR) is 91.6 cm³/mol. The van der Waals surface area contributed by atoms with Crippen molar-refractivity contribution in [3.63, 3.8) is 0 Å². The quantitative estimate of drug-likeness (QED) is 0.803. The molecule has 0 unspecified atom stereocenters. The van der Waals surface area contributed by atoms with Crippen LogP contribution in [0.3, 0.4) is 0 Å². The summed E-state index contributed by atoms with van der Waals surface area (Å²) in [6.07, 6.45) is -0.953. The van der Waals surface area contributed by atoms with Crippen LogP contribution in [0.15, 0.2) is 48.5 Å². The number of hydrogen-bond acceptors (Lipinski definition) is 4. The highest BCUT2D eigenvalue weighted by molar-refractivity contribution is 6.21. The first-order chi connectivity index (χ1) is 12.5. The molecule has 2 aromatic carbocycles. The Morgan fingerprint density at radius 2 is 1.65 bits per heavy atom. The minimum Gasteiger partial charge on any atom is -0.465 e. The molecule has 3 rings (SSSR count). The van der Waals surface area contributed by atoms with Gasteiger partial charge in [0.1, 0.15) is 0 Å². The molecule has 2 aromatic rings. The Morgan fingerprint density at radius 3 is 2.15 bits per heavy atom. The fourth-order valence-electron chi connectivity index (χ4n) is 2.96. The highest BCUT2D eigenvalue weighted by atomic mass is 16.4. The van der Waals surface area contributed by atoms with Crippen LogP contribution < -0.4 is 5.32 Å². The summed E-state index contributed by atoms with van der Waals surface area (Å²) in [6.45, 7) is -0.0708. The van der Waals surface area contributed by atoms with E-state index < -0.39 is 23.9 Å². The summed E-state index contributed by atoms with van der Waals surface area (Å²) in [5.41, 5.74) is 1.94. The lowest BCUT2D eigenvalue weighted by Crippen LogP contribution is -2.46. The first-order valence-electron chi connectivity index (χ1n) is 7.93. The number of benzene rings is 2. The summed E-state index contributed by atoms with van der Waals surface area (Å²) < 4.78 is 0. The van der Waals surface area contributed by atoms with E-state index >= 15 is 0 Å². The molecule has 7 heteroatoms. The maximum absolute atomic E-state index is 12.5. The van der Waals surface area contributed by atoms with E-state index in [0.29, 0.717) is 16.7 Å². The molecule has 2 N–H and O–H groups in total. The van der Waals surface area contributed by atoms with Crippen molar-refractivity contribution in [2.45, 2.75) is 12.5 Å². The van der Waals surface area contributed by atoms with Crippen molar-refractivity contribution in [2.24, 2.45) is 0 Å². The Bertz CT molecular complexity index is 880. The first-order valence-corrected chi connectivity index (χ1v) is 7.93. The number of rotatable bonds is 5. The summed E-state index contributed by atoms with van der Waals surface area (Å²) in [5.74, 6) is -0.856. The molecular weight excluding hydrogens is 334 g/mol. The number of nitrogens with one attached hydrogen (secondary N) is 1. The lowest BCUT2D eigenvalue weighted by Gasteiger charge is -2.22. The molecule has 1 heterocycles. The lowest BCUT2D eigenvalue weighted by atomic mass is 10.0. The number of imide groups is 1. The number of fused-ring (bicyclic) bond motifs is 1. The van der Waals surface area contributed by atoms with Crippen LogP contribution in [-0.4, -0.2) is 40.5 Å². The predicted octanol–water partition coefficient (Wildman–Crippen LogP) is 2.03. The number of hydrogen-bond donors (Lipinski definition) is 2. The maximum atomic E-state index is 12.5. The van der Waals surface area contributed by atoms with Crippen molar-refractivity contribution >= 4 is 17.9 Å². The van der Waals surface area contributed by atoms with Gasteiger partial charge in [0.05, 0.1) is 35.3 Å². The summed E-state index contributed by atoms with van der Waals surface area (Å²) in [6, 6.07) is 14.6. The summed E-state index contributed by atoms with van der Waals surface area (Å²) in [4.78, 5) is 37.1. The van der Waals surface area contributed by atoms with E-state index in [0.717, 1.165) is 10.5 Å². The Labute approximate surface area is 149 Å². The standard InChI is InChI=1S/C19H15N3O4/c20-10-13-7-5-12(6-8-13)9-14(21-19(25)26)11-22-17(23)15-3-1-2-4-16(15)18(22)24/h1-8,14,21H,9,11H2,(H,25,26)/t14-/m1/s1. The Hall–Kier alpha value is -3.66. The average molecular weight is 349 g/mol. The van der Waals surface area contributed by atoms with Crippen molar-refractivity contribution < 1.29 is 19.5 Å². The minimum atomic E-state index is -1.24. The van der Waals surface area contributed by atoms with Gasteiger partial charge in [0, 0.05) is 0 Å². The number of nitriles is 1. The number of carbonyl (C=O) groups excluding carboxylic acids is 2. The van der Waals surface area contributed by atoms with Gasteiger partial charge in [-0.1, -0.05) is 24.3 Å². The van der Waals surface area contributed by atoms with E-state index in [1.807, 2.05) is 6.07 Å². The van der Waals surface area contributed by atoms with Gasteiger partial charge in [-0.2, -0.15) is 5.26 Å². The lowest BCUT2D eigenvalue weighted by molar-refractivity contribution is 0.0636.